The molecule has 9 aliphatic carbocycles. The van der Waals surface area contributed by atoms with Crippen molar-refractivity contribution < 1.29 is 38.2 Å². The minimum absolute atomic E-state index is 0.276. The van der Waals surface area contributed by atoms with E-state index < -0.39 is 46.8 Å². The summed E-state index contributed by atoms with van der Waals surface area (Å²) in [5.41, 5.74) is 6.35. The Morgan fingerprint density at radius 1 is 0.455 bits per heavy atom. The zero-order valence-electron chi connectivity index (χ0n) is 23.3. The third-order valence-corrected chi connectivity index (χ3v) is 10.1. The molecular formula is C36H20O8. The number of hydrogen-bond acceptors (Lipinski definition) is 8. The van der Waals surface area contributed by atoms with Gasteiger partial charge in [0.15, 0.2) is 23.1 Å². The molecule has 0 spiro atoms. The maximum Gasteiger partial charge on any atom is 0.226 e. The number of benzene rings is 2. The normalized spacial score (nSPS) is 27.0. The largest absolute Gasteiger partial charge is 0.493 e. The van der Waals surface area contributed by atoms with Crippen molar-refractivity contribution in [2.24, 2.45) is 0 Å². The second kappa shape index (κ2) is 8.11. The molecule has 11 rings (SSSR count). The van der Waals surface area contributed by atoms with Crippen molar-refractivity contribution >= 4 is 34.7 Å². The molecule has 2 aromatic rings. The Kier molecular flexibility index (Phi) is 4.61. The van der Waals surface area contributed by atoms with Crippen LogP contribution in [0.5, 0.6) is 11.5 Å². The number of carbonyl (C=O) groups is 6. The SMILES string of the molecule is COc1cc2c(cc1OC)[C@H]1C3=CC(=O)C(=O)C=C3[C@@H]2C2=C1C(=O)C1=C(C2=O)[C@H]2C3=CC(=O)C(=O)C=C3[C@@H]1c1ccccc12. The Bertz CT molecular complexity index is 2010. The first-order chi connectivity index (χ1) is 21.2. The van der Waals surface area contributed by atoms with Crippen molar-refractivity contribution in [2.75, 3.05) is 14.2 Å². The first-order valence-electron chi connectivity index (χ1n) is 14.2. The smallest absolute Gasteiger partial charge is 0.226 e. The standard InChI is InChI=1S/C36H20O8/c1-43-25-11-19-20(12-26(25)44-2)30-18-10-24(40)23(39)9-17(18)29(19)33-34(30)36(42)32-28-14-6-4-3-5-13(14)27(31(32)35(33)41)15-7-21(37)22(38)8-16(15)28/h3-12,27-30H,1-2H3/t27-,28+,29+,30-. The highest BCUT2D eigenvalue weighted by Gasteiger charge is 2.59. The van der Waals surface area contributed by atoms with E-state index in [0.717, 1.165) is 11.1 Å². The van der Waals surface area contributed by atoms with Crippen LogP contribution in [0, 0.1) is 0 Å². The van der Waals surface area contributed by atoms with Gasteiger partial charge >= 0.3 is 0 Å². The zero-order chi connectivity index (χ0) is 30.3. The number of ketones is 6. The number of allylic oxidation sites excluding steroid dienone is 12. The van der Waals surface area contributed by atoms with Crippen LogP contribution in [0.15, 0.2) is 105 Å². The van der Waals surface area contributed by atoms with Gasteiger partial charge in [0.1, 0.15) is 0 Å². The Morgan fingerprint density at radius 2 is 0.750 bits per heavy atom. The number of carbonyl (C=O) groups excluding carboxylic acids is 6. The van der Waals surface area contributed by atoms with Crippen LogP contribution in [0.3, 0.4) is 0 Å². The average molecular weight is 581 g/mol. The molecule has 9 aliphatic rings. The zero-order valence-corrected chi connectivity index (χ0v) is 23.3. The van der Waals surface area contributed by atoms with Crippen molar-refractivity contribution in [2.45, 2.75) is 23.7 Å². The molecule has 4 bridgehead atoms. The van der Waals surface area contributed by atoms with Gasteiger partial charge in [0.05, 0.1) is 14.2 Å². The predicted octanol–water partition coefficient (Wildman–Crippen LogP) is 3.55. The molecule has 0 N–H and O–H groups in total. The molecule has 2 aromatic carbocycles. The van der Waals surface area contributed by atoms with Crippen molar-refractivity contribution in [1.82, 2.24) is 0 Å². The van der Waals surface area contributed by atoms with E-state index in [1.165, 1.54) is 38.5 Å². The molecule has 0 unspecified atom stereocenters. The van der Waals surface area contributed by atoms with E-state index >= 15 is 0 Å². The van der Waals surface area contributed by atoms with Crippen molar-refractivity contribution in [1.29, 1.82) is 0 Å². The lowest BCUT2D eigenvalue weighted by molar-refractivity contribution is -0.131. The lowest BCUT2D eigenvalue weighted by atomic mass is 9.49. The summed E-state index contributed by atoms with van der Waals surface area (Å²) in [6, 6.07) is 11.0. The maximum absolute atomic E-state index is 14.9. The highest BCUT2D eigenvalue weighted by Crippen LogP contribution is 2.67. The molecule has 0 fully saturated rings. The van der Waals surface area contributed by atoms with Crippen LogP contribution in [0.2, 0.25) is 0 Å². The fourth-order valence-electron chi connectivity index (χ4n) is 8.47. The van der Waals surface area contributed by atoms with Crippen LogP contribution in [0.4, 0.5) is 0 Å². The summed E-state index contributed by atoms with van der Waals surface area (Å²) in [5, 5.41) is 0. The van der Waals surface area contributed by atoms with Crippen LogP contribution in [-0.2, 0) is 28.8 Å². The third kappa shape index (κ3) is 2.74. The molecule has 0 radical (unpaired) electrons. The van der Waals surface area contributed by atoms with E-state index in [1.807, 2.05) is 24.3 Å². The van der Waals surface area contributed by atoms with Gasteiger partial charge in [0, 0.05) is 46.0 Å². The number of methoxy groups -OCH3 is 2. The summed E-state index contributed by atoms with van der Waals surface area (Å²) in [4.78, 5) is 80.4. The van der Waals surface area contributed by atoms with E-state index in [9.17, 15) is 28.8 Å². The number of hydrogen-bond donors (Lipinski definition) is 0. The summed E-state index contributed by atoms with van der Waals surface area (Å²) < 4.78 is 11.2. The van der Waals surface area contributed by atoms with E-state index in [1.54, 1.807) is 12.1 Å². The minimum atomic E-state index is -0.798. The fraction of sp³-hybridized carbons (Fsp3) is 0.167. The summed E-state index contributed by atoms with van der Waals surface area (Å²) >= 11 is 0. The highest BCUT2D eigenvalue weighted by atomic mass is 16.5. The fourth-order valence-corrected chi connectivity index (χ4v) is 8.47. The average Bonchev–Trinajstić information content (AvgIpc) is 3.03. The molecule has 4 atom stereocenters. The van der Waals surface area contributed by atoms with Crippen molar-refractivity contribution in [3.05, 3.63) is 128 Å². The molecule has 0 amide bonds. The third-order valence-electron chi connectivity index (χ3n) is 10.1. The highest BCUT2D eigenvalue weighted by molar-refractivity contribution is 6.48. The van der Waals surface area contributed by atoms with Gasteiger partial charge in [-0.2, -0.15) is 0 Å². The van der Waals surface area contributed by atoms with Crippen molar-refractivity contribution in [3.63, 3.8) is 0 Å². The summed E-state index contributed by atoms with van der Waals surface area (Å²) in [6.45, 7) is 0. The number of ether oxygens (including phenoxy) is 2. The number of rotatable bonds is 2. The molecule has 8 nitrogen and oxygen atoms in total. The summed E-state index contributed by atoms with van der Waals surface area (Å²) in [7, 11) is 3.00. The Morgan fingerprint density at radius 3 is 1.05 bits per heavy atom. The van der Waals surface area contributed by atoms with Gasteiger partial charge in [-0.3, -0.25) is 28.8 Å². The molecule has 8 heteroatoms. The second-order valence-corrected chi connectivity index (χ2v) is 11.9. The molecular weight excluding hydrogens is 560 g/mol. The Balaban J connectivity index is 1.34. The Hall–Kier alpha value is -5.50. The lowest BCUT2D eigenvalue weighted by Gasteiger charge is -2.51. The molecule has 44 heavy (non-hydrogen) atoms. The molecule has 0 saturated heterocycles. The molecule has 0 aliphatic heterocycles. The van der Waals surface area contributed by atoms with Gasteiger partial charge in [-0.25, -0.2) is 0 Å². The molecule has 0 saturated carbocycles. The van der Waals surface area contributed by atoms with Gasteiger partial charge in [-0.05, 0) is 81.0 Å². The van der Waals surface area contributed by atoms with Gasteiger partial charge in [-0.1, -0.05) is 24.3 Å². The monoisotopic (exact) mass is 580 g/mol. The second-order valence-electron chi connectivity index (χ2n) is 11.9. The minimum Gasteiger partial charge on any atom is -0.493 e. The van der Waals surface area contributed by atoms with E-state index in [-0.39, 0.29) is 22.7 Å². The van der Waals surface area contributed by atoms with Crippen LogP contribution in [0.25, 0.3) is 0 Å². The molecule has 0 aromatic heterocycles. The van der Waals surface area contributed by atoms with Crippen LogP contribution < -0.4 is 9.47 Å². The quantitative estimate of drug-likeness (QED) is 0.301. The van der Waals surface area contributed by atoms with Crippen LogP contribution in [-0.4, -0.2) is 48.9 Å². The summed E-state index contributed by atoms with van der Waals surface area (Å²) in [5.74, 6) is -5.52. The van der Waals surface area contributed by atoms with Gasteiger partial charge in [0.2, 0.25) is 23.1 Å². The van der Waals surface area contributed by atoms with E-state index in [0.29, 0.717) is 56.1 Å². The first-order valence-corrected chi connectivity index (χ1v) is 14.2. The molecule has 0 heterocycles. The van der Waals surface area contributed by atoms with Gasteiger partial charge < -0.3 is 9.47 Å². The topological polar surface area (TPSA) is 121 Å². The Labute approximate surface area is 249 Å². The van der Waals surface area contributed by atoms with Crippen molar-refractivity contribution in [3.8, 4) is 11.5 Å². The summed E-state index contributed by atoms with van der Waals surface area (Å²) in [6.07, 6.45) is 5.20. The maximum atomic E-state index is 14.9. The van der Waals surface area contributed by atoms with Crippen LogP contribution >= 0.6 is 0 Å². The van der Waals surface area contributed by atoms with E-state index in [4.69, 9.17) is 9.47 Å². The van der Waals surface area contributed by atoms with E-state index in [2.05, 4.69) is 0 Å². The lowest BCUT2D eigenvalue weighted by Crippen LogP contribution is -2.46. The predicted molar refractivity (Wildman–Crippen MR) is 153 cm³/mol. The van der Waals surface area contributed by atoms with Gasteiger partial charge in [0.25, 0.3) is 0 Å². The molecule has 212 valence electrons. The number of Topliss-reactive ketones (excluding diaryl/α,β-unsaturated/α-hetero) is 2. The van der Waals surface area contributed by atoms with Crippen LogP contribution in [0.1, 0.15) is 45.9 Å². The van der Waals surface area contributed by atoms with Gasteiger partial charge in [-0.15, -0.1) is 0 Å². The first kappa shape index (κ1) is 25.0.